The number of H-pyrrole nitrogens is 1. The molecule has 7 nitrogen and oxygen atoms in total. The van der Waals surface area contributed by atoms with Crippen molar-refractivity contribution in [1.29, 1.82) is 0 Å². The number of aromatic amines is 1. The summed E-state index contributed by atoms with van der Waals surface area (Å²) in [5.74, 6) is 3.20. The van der Waals surface area contributed by atoms with Crippen LogP contribution in [0.4, 0.5) is 0 Å². The number of aliphatic imine (C=N–C) groups is 1. The van der Waals surface area contributed by atoms with Gasteiger partial charge in [-0.15, -0.1) is 24.0 Å². The summed E-state index contributed by atoms with van der Waals surface area (Å²) in [7, 11) is 1.78. The zero-order chi connectivity index (χ0) is 20.8. The van der Waals surface area contributed by atoms with Crippen LogP contribution in [0.2, 0.25) is 0 Å². The van der Waals surface area contributed by atoms with Crippen LogP contribution < -0.4 is 15.4 Å². The number of rotatable bonds is 8. The third kappa shape index (κ3) is 6.68. The van der Waals surface area contributed by atoms with Crippen LogP contribution in [-0.2, 0) is 13.1 Å². The molecule has 1 aromatic heterocycles. The molecule has 0 aliphatic heterocycles. The third-order valence-electron chi connectivity index (χ3n) is 5.14. The van der Waals surface area contributed by atoms with Gasteiger partial charge in [0.05, 0.1) is 6.61 Å². The number of hydrogen-bond acceptors (Lipinski definition) is 4. The lowest BCUT2D eigenvalue weighted by molar-refractivity contribution is 0.296. The van der Waals surface area contributed by atoms with Gasteiger partial charge in [-0.25, -0.2) is 4.98 Å². The van der Waals surface area contributed by atoms with E-state index in [4.69, 9.17) is 4.74 Å². The minimum Gasteiger partial charge on any atom is -0.493 e. The van der Waals surface area contributed by atoms with E-state index >= 15 is 0 Å². The smallest absolute Gasteiger partial charge is 0.191 e. The molecule has 1 fully saturated rings. The highest BCUT2D eigenvalue weighted by atomic mass is 127. The Balaban J connectivity index is 0.00000272. The molecule has 4 rings (SSSR count). The normalized spacial score (nSPS) is 13.4. The Hall–Kier alpha value is -2.62. The number of halogens is 1. The number of nitrogens with zero attached hydrogens (tertiary/aromatic N) is 3. The predicted molar refractivity (Wildman–Crippen MR) is 134 cm³/mol. The molecule has 1 aliphatic carbocycles. The van der Waals surface area contributed by atoms with Gasteiger partial charge in [-0.2, -0.15) is 5.10 Å². The van der Waals surface area contributed by atoms with Gasteiger partial charge in [-0.05, 0) is 48.9 Å². The average Bonchev–Trinajstić information content (AvgIpc) is 3.44. The third-order valence-corrected chi connectivity index (χ3v) is 5.14. The molecule has 0 atom stereocenters. The van der Waals surface area contributed by atoms with Gasteiger partial charge in [0, 0.05) is 31.3 Å². The molecule has 3 N–H and O–H groups in total. The molecule has 164 valence electrons. The first-order chi connectivity index (χ1) is 14.7. The average molecular weight is 532 g/mol. The van der Waals surface area contributed by atoms with Crippen LogP contribution in [0, 0.1) is 12.8 Å². The first kappa shape index (κ1) is 23.1. The van der Waals surface area contributed by atoms with E-state index in [1.165, 1.54) is 24.7 Å². The molecule has 1 saturated carbocycles. The minimum atomic E-state index is 0. The van der Waals surface area contributed by atoms with Gasteiger partial charge in [0.1, 0.15) is 12.1 Å². The second-order valence-corrected chi connectivity index (χ2v) is 7.68. The van der Waals surface area contributed by atoms with E-state index in [1.807, 2.05) is 12.1 Å². The van der Waals surface area contributed by atoms with Crippen molar-refractivity contribution in [1.82, 2.24) is 25.8 Å². The van der Waals surface area contributed by atoms with E-state index < -0.39 is 0 Å². The van der Waals surface area contributed by atoms with Crippen LogP contribution in [-0.4, -0.2) is 34.8 Å². The number of aromatic nitrogens is 3. The largest absolute Gasteiger partial charge is 0.493 e. The van der Waals surface area contributed by atoms with Crippen LogP contribution in [0.1, 0.15) is 29.5 Å². The Morgan fingerprint density at radius 2 is 2.00 bits per heavy atom. The van der Waals surface area contributed by atoms with E-state index in [2.05, 4.69) is 68.1 Å². The van der Waals surface area contributed by atoms with Crippen LogP contribution >= 0.6 is 24.0 Å². The molecule has 8 heteroatoms. The molecule has 1 aliphatic rings. The number of ether oxygens (including phenoxy) is 1. The van der Waals surface area contributed by atoms with Crippen LogP contribution in [0.25, 0.3) is 11.4 Å². The molecule has 0 bridgehead atoms. The molecule has 0 amide bonds. The molecule has 1 heterocycles. The first-order valence-corrected chi connectivity index (χ1v) is 10.3. The Morgan fingerprint density at radius 3 is 2.74 bits per heavy atom. The second-order valence-electron chi connectivity index (χ2n) is 7.68. The summed E-state index contributed by atoms with van der Waals surface area (Å²) in [6.07, 6.45) is 4.08. The number of hydrogen-bond donors (Lipinski definition) is 3. The Labute approximate surface area is 200 Å². The van der Waals surface area contributed by atoms with Crippen molar-refractivity contribution >= 4 is 29.9 Å². The maximum absolute atomic E-state index is 6.07. The van der Waals surface area contributed by atoms with Crippen molar-refractivity contribution in [2.75, 3.05) is 13.7 Å². The lowest BCUT2D eigenvalue weighted by Crippen LogP contribution is -2.36. The van der Waals surface area contributed by atoms with Gasteiger partial charge in [0.25, 0.3) is 0 Å². The number of benzene rings is 2. The summed E-state index contributed by atoms with van der Waals surface area (Å²) in [4.78, 5) is 8.56. The van der Waals surface area contributed by atoms with Gasteiger partial charge in [0.2, 0.25) is 0 Å². The van der Waals surface area contributed by atoms with Gasteiger partial charge in [-0.3, -0.25) is 10.1 Å². The lowest BCUT2D eigenvalue weighted by Gasteiger charge is -2.15. The van der Waals surface area contributed by atoms with Crippen molar-refractivity contribution in [2.24, 2.45) is 10.9 Å². The van der Waals surface area contributed by atoms with Gasteiger partial charge in [0.15, 0.2) is 11.8 Å². The van der Waals surface area contributed by atoms with E-state index in [-0.39, 0.29) is 24.0 Å². The van der Waals surface area contributed by atoms with Crippen molar-refractivity contribution in [2.45, 2.75) is 32.9 Å². The van der Waals surface area contributed by atoms with E-state index in [0.29, 0.717) is 13.1 Å². The van der Waals surface area contributed by atoms with Crippen molar-refractivity contribution in [3.05, 3.63) is 65.5 Å². The molecule has 0 saturated heterocycles. The number of guanidine groups is 1. The standard InChI is InChI=1S/C23H28N6O.HI/c1-16-6-9-20(21(10-16)30-14-17-7-8-17)13-26-23(24-2)25-12-18-4-3-5-19(11-18)22-27-15-28-29-22;/h3-6,9-11,15,17H,7-8,12-14H2,1-2H3,(H2,24,25,26)(H,27,28,29);1H. The van der Waals surface area contributed by atoms with E-state index in [1.54, 1.807) is 7.05 Å². The van der Waals surface area contributed by atoms with E-state index in [9.17, 15) is 0 Å². The highest BCUT2D eigenvalue weighted by Crippen LogP contribution is 2.30. The molecule has 0 radical (unpaired) electrons. The lowest BCUT2D eigenvalue weighted by atomic mass is 10.1. The molecule has 0 unspecified atom stereocenters. The second kappa shape index (κ2) is 11.1. The zero-order valence-corrected chi connectivity index (χ0v) is 20.2. The molecular formula is C23H29IN6O. The van der Waals surface area contributed by atoms with E-state index in [0.717, 1.165) is 46.7 Å². The topological polar surface area (TPSA) is 87.2 Å². The van der Waals surface area contributed by atoms with Gasteiger partial charge in [-0.1, -0.05) is 30.3 Å². The number of nitrogens with one attached hydrogen (secondary N) is 3. The van der Waals surface area contributed by atoms with Gasteiger partial charge < -0.3 is 15.4 Å². The maximum Gasteiger partial charge on any atom is 0.191 e. The van der Waals surface area contributed by atoms with Gasteiger partial charge >= 0.3 is 0 Å². The van der Waals surface area contributed by atoms with Crippen molar-refractivity contribution in [3.63, 3.8) is 0 Å². The summed E-state index contributed by atoms with van der Waals surface area (Å²) < 4.78 is 6.07. The zero-order valence-electron chi connectivity index (χ0n) is 17.9. The minimum absolute atomic E-state index is 0. The number of aryl methyl sites for hydroxylation is 1. The van der Waals surface area contributed by atoms with Crippen LogP contribution in [0.3, 0.4) is 0 Å². The Morgan fingerprint density at radius 1 is 1.16 bits per heavy atom. The Bertz CT molecular complexity index is 1000. The molecule has 0 spiro atoms. The molecule has 31 heavy (non-hydrogen) atoms. The Kier molecular flexibility index (Phi) is 8.27. The highest BCUT2D eigenvalue weighted by Gasteiger charge is 2.22. The predicted octanol–water partition coefficient (Wildman–Crippen LogP) is 4.05. The summed E-state index contributed by atoms with van der Waals surface area (Å²) >= 11 is 0. The maximum atomic E-state index is 6.07. The summed E-state index contributed by atoms with van der Waals surface area (Å²) in [6, 6.07) is 14.5. The summed E-state index contributed by atoms with van der Waals surface area (Å²) in [5.41, 5.74) is 4.48. The monoisotopic (exact) mass is 532 g/mol. The first-order valence-electron chi connectivity index (χ1n) is 10.3. The quantitative estimate of drug-likeness (QED) is 0.232. The van der Waals surface area contributed by atoms with Crippen molar-refractivity contribution in [3.8, 4) is 17.1 Å². The summed E-state index contributed by atoms with van der Waals surface area (Å²) in [6.45, 7) is 4.21. The molecule has 2 aromatic carbocycles. The molecule has 3 aromatic rings. The summed E-state index contributed by atoms with van der Waals surface area (Å²) in [5, 5.41) is 13.6. The fourth-order valence-electron chi connectivity index (χ4n) is 3.19. The van der Waals surface area contributed by atoms with Crippen LogP contribution in [0.15, 0.2) is 53.8 Å². The molecular weight excluding hydrogens is 503 g/mol. The van der Waals surface area contributed by atoms with Crippen LogP contribution in [0.5, 0.6) is 5.75 Å². The fraction of sp³-hybridized carbons (Fsp3) is 0.348. The SMILES string of the molecule is CN=C(NCc1cccc(-c2ncn[nH]2)c1)NCc1ccc(C)cc1OCC1CC1.I. The van der Waals surface area contributed by atoms with Crippen molar-refractivity contribution < 1.29 is 4.74 Å². The fourth-order valence-corrected chi connectivity index (χ4v) is 3.19. The highest BCUT2D eigenvalue weighted by molar-refractivity contribution is 14.0.